The van der Waals surface area contributed by atoms with Gasteiger partial charge in [0.05, 0.1) is 10.0 Å². The van der Waals surface area contributed by atoms with Crippen LogP contribution in [0.15, 0.2) is 23.1 Å². The van der Waals surface area contributed by atoms with E-state index in [4.69, 9.17) is 23.2 Å². The van der Waals surface area contributed by atoms with Gasteiger partial charge in [0.25, 0.3) is 0 Å². The Morgan fingerprint density at radius 1 is 1.32 bits per heavy atom. The van der Waals surface area contributed by atoms with Gasteiger partial charge >= 0.3 is 0 Å². The summed E-state index contributed by atoms with van der Waals surface area (Å²) in [6.45, 7) is 1.56. The summed E-state index contributed by atoms with van der Waals surface area (Å²) >= 11 is 11.8. The van der Waals surface area contributed by atoms with Gasteiger partial charge < -0.3 is 5.32 Å². The van der Waals surface area contributed by atoms with E-state index in [1.165, 1.54) is 6.07 Å². The van der Waals surface area contributed by atoms with Crippen molar-refractivity contribution in [3.8, 4) is 0 Å². The molecular weight excluding hydrogens is 331 g/mol. The number of sulfonamides is 1. The van der Waals surface area contributed by atoms with Gasteiger partial charge in [-0.1, -0.05) is 29.3 Å². The first kappa shape index (κ1) is 17.0. The average molecular weight is 346 g/mol. The van der Waals surface area contributed by atoms with Gasteiger partial charge in [0.1, 0.15) is 4.90 Å². The fraction of sp³-hybridized carbons (Fsp3) is 0.455. The molecule has 0 bridgehead atoms. The van der Waals surface area contributed by atoms with Crippen LogP contribution >= 0.6 is 35.6 Å². The molecule has 0 aliphatic carbocycles. The molecule has 1 aliphatic rings. The van der Waals surface area contributed by atoms with Gasteiger partial charge in [-0.05, 0) is 31.5 Å². The number of rotatable bonds is 3. The molecular formula is C11H15Cl3N2O2S. The lowest BCUT2D eigenvalue weighted by atomic mass is 10.1. The molecule has 19 heavy (non-hydrogen) atoms. The highest BCUT2D eigenvalue weighted by Gasteiger charge is 2.24. The van der Waals surface area contributed by atoms with Crippen LogP contribution < -0.4 is 10.0 Å². The molecule has 0 amide bonds. The summed E-state index contributed by atoms with van der Waals surface area (Å²) in [4.78, 5) is 0.0299. The number of benzene rings is 1. The van der Waals surface area contributed by atoms with Gasteiger partial charge in [-0.25, -0.2) is 13.1 Å². The van der Waals surface area contributed by atoms with Crippen molar-refractivity contribution in [2.45, 2.75) is 23.8 Å². The van der Waals surface area contributed by atoms with E-state index >= 15 is 0 Å². The lowest BCUT2D eigenvalue weighted by Crippen LogP contribution is -2.45. The maximum atomic E-state index is 12.2. The second-order valence-corrected chi connectivity index (χ2v) is 6.68. The van der Waals surface area contributed by atoms with Gasteiger partial charge in [0.2, 0.25) is 10.0 Å². The second kappa shape index (κ2) is 7.11. The van der Waals surface area contributed by atoms with Crippen LogP contribution in [0.1, 0.15) is 12.8 Å². The topological polar surface area (TPSA) is 58.2 Å². The summed E-state index contributed by atoms with van der Waals surface area (Å²) in [5.41, 5.74) is 0. The minimum absolute atomic E-state index is 0. The minimum atomic E-state index is -3.62. The highest BCUT2D eigenvalue weighted by molar-refractivity contribution is 7.89. The van der Waals surface area contributed by atoms with E-state index in [9.17, 15) is 8.42 Å². The zero-order chi connectivity index (χ0) is 13.2. The van der Waals surface area contributed by atoms with E-state index in [-0.39, 0.29) is 33.4 Å². The van der Waals surface area contributed by atoms with E-state index in [0.717, 1.165) is 19.4 Å². The first-order valence-corrected chi connectivity index (χ1v) is 7.91. The van der Waals surface area contributed by atoms with Crippen molar-refractivity contribution < 1.29 is 8.42 Å². The van der Waals surface area contributed by atoms with Crippen LogP contribution in [-0.2, 0) is 10.0 Å². The molecule has 2 rings (SSSR count). The highest BCUT2D eigenvalue weighted by atomic mass is 35.5. The summed E-state index contributed by atoms with van der Waals surface area (Å²) in [5, 5.41) is 3.45. The number of halogens is 3. The summed E-state index contributed by atoms with van der Waals surface area (Å²) in [7, 11) is -3.62. The third kappa shape index (κ3) is 4.21. The van der Waals surface area contributed by atoms with E-state index < -0.39 is 10.0 Å². The largest absolute Gasteiger partial charge is 0.315 e. The Balaban J connectivity index is 0.00000180. The lowest BCUT2D eigenvalue weighted by Gasteiger charge is -2.23. The molecule has 108 valence electrons. The van der Waals surface area contributed by atoms with Crippen LogP contribution in [0.5, 0.6) is 0 Å². The summed E-state index contributed by atoms with van der Waals surface area (Å²) in [6.07, 6.45) is 1.78. The molecule has 1 aromatic carbocycles. The quantitative estimate of drug-likeness (QED) is 0.884. The Labute approximate surface area is 129 Å². The van der Waals surface area contributed by atoms with Gasteiger partial charge in [0, 0.05) is 12.6 Å². The average Bonchev–Trinajstić information content (AvgIpc) is 2.33. The third-order valence-electron chi connectivity index (χ3n) is 2.82. The molecule has 0 aromatic heterocycles. The van der Waals surface area contributed by atoms with Crippen LogP contribution in [-0.4, -0.2) is 27.5 Å². The molecule has 0 saturated carbocycles. The monoisotopic (exact) mass is 344 g/mol. The Kier molecular flexibility index (Phi) is 6.36. The zero-order valence-electron chi connectivity index (χ0n) is 10.0. The maximum absolute atomic E-state index is 12.2. The molecule has 2 N–H and O–H groups in total. The maximum Gasteiger partial charge on any atom is 0.242 e. The molecule has 1 saturated heterocycles. The van der Waals surface area contributed by atoms with Gasteiger partial charge in [-0.15, -0.1) is 12.4 Å². The fourth-order valence-corrected chi connectivity index (χ4v) is 3.96. The van der Waals surface area contributed by atoms with Crippen molar-refractivity contribution in [1.29, 1.82) is 0 Å². The molecule has 8 heteroatoms. The van der Waals surface area contributed by atoms with Crippen LogP contribution in [0.25, 0.3) is 0 Å². The molecule has 4 nitrogen and oxygen atoms in total. The molecule has 1 unspecified atom stereocenters. The number of piperidine rings is 1. The van der Waals surface area contributed by atoms with E-state index in [1.807, 2.05) is 0 Å². The lowest BCUT2D eigenvalue weighted by molar-refractivity contribution is 0.428. The van der Waals surface area contributed by atoms with E-state index in [1.54, 1.807) is 12.1 Å². The molecule has 1 aromatic rings. The number of hydrogen-bond donors (Lipinski definition) is 2. The minimum Gasteiger partial charge on any atom is -0.315 e. The van der Waals surface area contributed by atoms with E-state index in [0.29, 0.717) is 6.54 Å². The molecule has 1 heterocycles. The summed E-state index contributed by atoms with van der Waals surface area (Å²) in [5.74, 6) is 0. The predicted molar refractivity (Wildman–Crippen MR) is 79.9 cm³/mol. The van der Waals surface area contributed by atoms with Crippen LogP contribution in [0, 0.1) is 0 Å². The normalized spacial score (nSPS) is 19.8. The Morgan fingerprint density at radius 3 is 2.68 bits per heavy atom. The smallest absolute Gasteiger partial charge is 0.242 e. The van der Waals surface area contributed by atoms with Crippen molar-refractivity contribution >= 4 is 45.6 Å². The van der Waals surface area contributed by atoms with Crippen molar-refractivity contribution in [3.05, 3.63) is 28.2 Å². The zero-order valence-corrected chi connectivity index (χ0v) is 13.2. The standard InChI is InChI=1S/C11H14Cl2N2O2S.ClH/c12-9-4-1-5-10(11(9)13)18(16,17)15-8-3-2-6-14-7-8;/h1,4-5,8,14-15H,2-3,6-7H2;1H. The number of hydrogen-bond acceptors (Lipinski definition) is 3. The highest BCUT2D eigenvalue weighted by Crippen LogP contribution is 2.29. The van der Waals surface area contributed by atoms with Crippen LogP contribution in [0.2, 0.25) is 10.0 Å². The predicted octanol–water partition coefficient (Wildman–Crippen LogP) is 2.45. The van der Waals surface area contributed by atoms with Crippen molar-refractivity contribution in [1.82, 2.24) is 10.0 Å². The molecule has 0 radical (unpaired) electrons. The second-order valence-electron chi connectivity index (χ2n) is 4.22. The third-order valence-corrected chi connectivity index (χ3v) is 5.32. The van der Waals surface area contributed by atoms with Gasteiger partial charge in [0.15, 0.2) is 0 Å². The van der Waals surface area contributed by atoms with E-state index in [2.05, 4.69) is 10.0 Å². The summed E-state index contributed by atoms with van der Waals surface area (Å²) < 4.78 is 27.0. The first-order valence-electron chi connectivity index (χ1n) is 5.68. The Hall–Kier alpha value is -0.0400. The van der Waals surface area contributed by atoms with Crippen molar-refractivity contribution in [2.24, 2.45) is 0 Å². The SMILES string of the molecule is Cl.O=S(=O)(NC1CCCNC1)c1cccc(Cl)c1Cl. The van der Waals surface area contributed by atoms with Crippen LogP contribution in [0.4, 0.5) is 0 Å². The fourth-order valence-electron chi connectivity index (χ4n) is 1.93. The first-order chi connectivity index (χ1) is 8.50. The van der Waals surface area contributed by atoms with Gasteiger partial charge in [-0.3, -0.25) is 0 Å². The molecule has 1 fully saturated rings. The molecule has 0 spiro atoms. The summed E-state index contributed by atoms with van der Waals surface area (Å²) in [6, 6.07) is 4.48. The molecule has 1 aliphatic heterocycles. The van der Waals surface area contributed by atoms with Gasteiger partial charge in [-0.2, -0.15) is 0 Å². The Bertz CT molecular complexity index is 531. The van der Waals surface area contributed by atoms with Crippen molar-refractivity contribution in [2.75, 3.05) is 13.1 Å². The Morgan fingerprint density at radius 2 is 2.05 bits per heavy atom. The van der Waals surface area contributed by atoms with Crippen molar-refractivity contribution in [3.63, 3.8) is 0 Å². The molecule has 1 atom stereocenters. The van der Waals surface area contributed by atoms with Crippen LogP contribution in [0.3, 0.4) is 0 Å². The number of nitrogens with one attached hydrogen (secondary N) is 2.